The Hall–Kier alpha value is -3.04. The fourth-order valence-electron chi connectivity index (χ4n) is 1.74. The van der Waals surface area contributed by atoms with Crippen LogP contribution in [0, 0.1) is 6.92 Å². The van der Waals surface area contributed by atoms with E-state index < -0.39 is 23.7 Å². The van der Waals surface area contributed by atoms with E-state index in [9.17, 15) is 22.8 Å². The van der Waals surface area contributed by atoms with Gasteiger partial charge in [0, 0.05) is 12.6 Å². The summed E-state index contributed by atoms with van der Waals surface area (Å²) in [4.78, 5) is 23.1. The van der Waals surface area contributed by atoms with Gasteiger partial charge in [0.25, 0.3) is 5.91 Å². The van der Waals surface area contributed by atoms with Crippen LogP contribution < -0.4 is 16.2 Å². The average Bonchev–Trinajstić information content (AvgIpc) is 2.96. The molecule has 2 aromatic rings. The minimum Gasteiger partial charge on any atom is -0.361 e. The minimum atomic E-state index is -4.46. The van der Waals surface area contributed by atoms with Crippen LogP contribution in [0.2, 0.25) is 0 Å². The van der Waals surface area contributed by atoms with Gasteiger partial charge >= 0.3 is 12.2 Å². The van der Waals surface area contributed by atoms with Gasteiger partial charge in [-0.1, -0.05) is 17.3 Å². The standard InChI is InChI=1S/C14H13F3N4O3/c1-8-5-11(21-24-8)12(22)19-20-13(23)18-7-9-3-2-4-10(6-9)14(15,16)17/h2-6H,7H2,1H3,(H,19,22)(H2,18,20,23). The number of carbonyl (C=O) groups excluding carboxylic acids is 2. The van der Waals surface area contributed by atoms with Crippen LogP contribution in [0.25, 0.3) is 0 Å². The van der Waals surface area contributed by atoms with Crippen molar-refractivity contribution in [2.75, 3.05) is 0 Å². The molecule has 0 saturated carbocycles. The molecule has 0 aliphatic carbocycles. The smallest absolute Gasteiger partial charge is 0.361 e. The van der Waals surface area contributed by atoms with E-state index in [0.29, 0.717) is 5.76 Å². The summed E-state index contributed by atoms with van der Waals surface area (Å²) in [5, 5.41) is 5.77. The van der Waals surface area contributed by atoms with Crippen LogP contribution in [0.4, 0.5) is 18.0 Å². The number of hydrogen-bond donors (Lipinski definition) is 3. The summed E-state index contributed by atoms with van der Waals surface area (Å²) in [5.74, 6) is -0.268. The maximum atomic E-state index is 12.6. The van der Waals surface area contributed by atoms with Crippen molar-refractivity contribution in [1.29, 1.82) is 0 Å². The number of nitrogens with zero attached hydrogens (tertiary/aromatic N) is 1. The first kappa shape index (κ1) is 17.3. The second-order valence-corrected chi connectivity index (χ2v) is 4.78. The Bertz CT molecular complexity index is 743. The van der Waals surface area contributed by atoms with Gasteiger partial charge in [0.05, 0.1) is 5.56 Å². The van der Waals surface area contributed by atoms with Crippen LogP contribution in [0.3, 0.4) is 0 Å². The Morgan fingerprint density at radius 2 is 1.96 bits per heavy atom. The third-order valence-corrected chi connectivity index (χ3v) is 2.86. The highest BCUT2D eigenvalue weighted by Gasteiger charge is 2.30. The van der Waals surface area contributed by atoms with E-state index in [-0.39, 0.29) is 17.8 Å². The fourth-order valence-corrected chi connectivity index (χ4v) is 1.74. The fraction of sp³-hybridized carbons (Fsp3) is 0.214. The molecule has 128 valence electrons. The van der Waals surface area contributed by atoms with Crippen LogP contribution in [0.5, 0.6) is 0 Å². The molecule has 0 bridgehead atoms. The number of benzene rings is 1. The third-order valence-electron chi connectivity index (χ3n) is 2.86. The molecule has 0 saturated heterocycles. The molecule has 10 heteroatoms. The lowest BCUT2D eigenvalue weighted by molar-refractivity contribution is -0.137. The zero-order chi connectivity index (χ0) is 17.7. The molecule has 7 nitrogen and oxygen atoms in total. The van der Waals surface area contributed by atoms with E-state index in [0.717, 1.165) is 12.1 Å². The molecule has 0 aliphatic rings. The van der Waals surface area contributed by atoms with Gasteiger partial charge in [-0.25, -0.2) is 10.2 Å². The van der Waals surface area contributed by atoms with Crippen molar-refractivity contribution in [2.45, 2.75) is 19.6 Å². The van der Waals surface area contributed by atoms with Crippen LogP contribution >= 0.6 is 0 Å². The molecular weight excluding hydrogens is 329 g/mol. The number of rotatable bonds is 3. The monoisotopic (exact) mass is 342 g/mol. The quantitative estimate of drug-likeness (QED) is 0.745. The van der Waals surface area contributed by atoms with Crippen LogP contribution in [-0.4, -0.2) is 17.1 Å². The molecule has 3 N–H and O–H groups in total. The second-order valence-electron chi connectivity index (χ2n) is 4.78. The Morgan fingerprint density at radius 1 is 1.21 bits per heavy atom. The van der Waals surface area contributed by atoms with Gasteiger partial charge in [-0.2, -0.15) is 13.2 Å². The molecule has 0 radical (unpaired) electrons. The van der Waals surface area contributed by atoms with Crippen molar-refractivity contribution in [1.82, 2.24) is 21.3 Å². The Kier molecular flexibility index (Phi) is 5.07. The lowest BCUT2D eigenvalue weighted by Crippen LogP contribution is -2.46. The summed E-state index contributed by atoms with van der Waals surface area (Å²) < 4.78 is 42.4. The normalized spacial score (nSPS) is 11.0. The molecular formula is C14H13F3N4O3. The summed E-state index contributed by atoms with van der Waals surface area (Å²) >= 11 is 0. The molecule has 0 aliphatic heterocycles. The summed E-state index contributed by atoms with van der Waals surface area (Å²) in [5.41, 5.74) is 3.56. The van der Waals surface area contributed by atoms with Crippen molar-refractivity contribution in [2.24, 2.45) is 0 Å². The maximum absolute atomic E-state index is 12.6. The van der Waals surface area contributed by atoms with Crippen LogP contribution in [-0.2, 0) is 12.7 Å². The first-order valence-electron chi connectivity index (χ1n) is 6.69. The highest BCUT2D eigenvalue weighted by molar-refractivity contribution is 5.93. The minimum absolute atomic E-state index is 0.0225. The van der Waals surface area contributed by atoms with E-state index in [4.69, 9.17) is 4.52 Å². The number of halogens is 3. The highest BCUT2D eigenvalue weighted by atomic mass is 19.4. The number of aryl methyl sites for hydroxylation is 1. The van der Waals surface area contributed by atoms with Crippen molar-refractivity contribution in [3.63, 3.8) is 0 Å². The van der Waals surface area contributed by atoms with E-state index in [1.54, 1.807) is 6.92 Å². The molecule has 0 atom stereocenters. The van der Waals surface area contributed by atoms with E-state index in [2.05, 4.69) is 21.3 Å². The molecule has 0 unspecified atom stereocenters. The summed E-state index contributed by atoms with van der Waals surface area (Å²) in [6.45, 7) is 1.45. The zero-order valence-electron chi connectivity index (χ0n) is 12.4. The SMILES string of the molecule is Cc1cc(C(=O)NNC(=O)NCc2cccc(C(F)(F)F)c2)no1. The van der Waals surface area contributed by atoms with E-state index in [1.165, 1.54) is 18.2 Å². The van der Waals surface area contributed by atoms with Gasteiger partial charge in [-0.3, -0.25) is 10.2 Å². The summed E-state index contributed by atoms with van der Waals surface area (Å²) in [6, 6.07) is 5.12. The largest absolute Gasteiger partial charge is 0.416 e. The number of amides is 3. The lowest BCUT2D eigenvalue weighted by Gasteiger charge is -2.10. The van der Waals surface area contributed by atoms with Crippen LogP contribution in [0.1, 0.15) is 27.4 Å². The number of hydrogen-bond acceptors (Lipinski definition) is 4. The molecule has 0 spiro atoms. The number of alkyl halides is 3. The topological polar surface area (TPSA) is 96.3 Å². The molecule has 3 amide bonds. The lowest BCUT2D eigenvalue weighted by atomic mass is 10.1. The second kappa shape index (κ2) is 7.02. The van der Waals surface area contributed by atoms with Gasteiger partial charge in [0.1, 0.15) is 5.76 Å². The number of urea groups is 1. The first-order chi connectivity index (χ1) is 11.3. The number of aromatic nitrogens is 1. The zero-order valence-corrected chi connectivity index (χ0v) is 12.4. The van der Waals surface area contributed by atoms with Crippen molar-refractivity contribution in [3.8, 4) is 0 Å². The van der Waals surface area contributed by atoms with Gasteiger partial charge in [-0.05, 0) is 24.6 Å². The maximum Gasteiger partial charge on any atom is 0.416 e. The Labute approximate surface area is 134 Å². The number of carbonyl (C=O) groups is 2. The molecule has 1 aromatic heterocycles. The number of nitrogens with one attached hydrogen (secondary N) is 3. The summed E-state index contributed by atoms with van der Waals surface area (Å²) in [7, 11) is 0. The average molecular weight is 342 g/mol. The predicted octanol–water partition coefficient (Wildman–Crippen LogP) is 2.15. The van der Waals surface area contributed by atoms with Crippen molar-refractivity contribution >= 4 is 11.9 Å². The van der Waals surface area contributed by atoms with Gasteiger partial charge < -0.3 is 9.84 Å². The molecule has 2 rings (SSSR count). The number of hydrazine groups is 1. The van der Waals surface area contributed by atoms with Gasteiger partial charge in [0.2, 0.25) is 0 Å². The molecule has 1 aromatic carbocycles. The first-order valence-corrected chi connectivity index (χ1v) is 6.69. The Morgan fingerprint density at radius 3 is 2.58 bits per heavy atom. The van der Waals surface area contributed by atoms with Crippen molar-refractivity contribution in [3.05, 3.63) is 52.9 Å². The van der Waals surface area contributed by atoms with E-state index >= 15 is 0 Å². The third kappa shape index (κ3) is 4.73. The van der Waals surface area contributed by atoms with Crippen LogP contribution in [0.15, 0.2) is 34.9 Å². The highest BCUT2D eigenvalue weighted by Crippen LogP contribution is 2.29. The Balaban J connectivity index is 1.82. The predicted molar refractivity (Wildman–Crippen MR) is 75.5 cm³/mol. The van der Waals surface area contributed by atoms with Gasteiger partial charge in [-0.15, -0.1) is 0 Å². The molecule has 1 heterocycles. The molecule has 0 fully saturated rings. The van der Waals surface area contributed by atoms with Gasteiger partial charge in [0.15, 0.2) is 5.69 Å². The van der Waals surface area contributed by atoms with E-state index in [1.807, 2.05) is 0 Å². The summed E-state index contributed by atoms with van der Waals surface area (Å²) in [6.07, 6.45) is -4.46. The van der Waals surface area contributed by atoms with Crippen molar-refractivity contribution < 1.29 is 27.3 Å². The molecule has 24 heavy (non-hydrogen) atoms.